The summed E-state index contributed by atoms with van der Waals surface area (Å²) in [5, 5.41) is 7.42. The highest BCUT2D eigenvalue weighted by molar-refractivity contribution is 14.0. The van der Waals surface area contributed by atoms with Gasteiger partial charge in [-0.25, -0.2) is 4.98 Å². The zero-order chi connectivity index (χ0) is 21.1. The summed E-state index contributed by atoms with van der Waals surface area (Å²) in [6, 6.07) is 8.04. The van der Waals surface area contributed by atoms with Crippen LogP contribution in [0.4, 0.5) is 5.69 Å². The summed E-state index contributed by atoms with van der Waals surface area (Å²) in [4.78, 5) is 25.2. The Hall–Kier alpha value is -2.89. The molecule has 31 heavy (non-hydrogen) atoms. The molecular formula is C21H26IN7O2. The SMILES string of the molecule is CN=C(NCc1coc(-c2ccc(C)cc2)n1)N1CCN(c2cnn(C)c2)C(=O)C1.I. The van der Waals surface area contributed by atoms with Crippen molar-refractivity contribution in [3.8, 4) is 11.5 Å². The number of guanidine groups is 1. The molecule has 1 aliphatic heterocycles. The van der Waals surface area contributed by atoms with Gasteiger partial charge in [0.15, 0.2) is 5.96 Å². The molecule has 0 unspecified atom stereocenters. The fraction of sp³-hybridized carbons (Fsp3) is 0.333. The lowest BCUT2D eigenvalue weighted by Gasteiger charge is -2.35. The Bertz CT molecular complexity index is 1060. The van der Waals surface area contributed by atoms with Crippen LogP contribution in [-0.2, 0) is 18.4 Å². The molecule has 0 atom stereocenters. The second-order valence-electron chi connectivity index (χ2n) is 7.25. The smallest absolute Gasteiger partial charge is 0.246 e. The van der Waals surface area contributed by atoms with Crippen LogP contribution in [0.15, 0.2) is 52.3 Å². The lowest BCUT2D eigenvalue weighted by atomic mass is 10.1. The molecule has 2 aromatic heterocycles. The molecule has 1 aromatic carbocycles. The Kier molecular flexibility index (Phi) is 7.31. The lowest BCUT2D eigenvalue weighted by molar-refractivity contribution is -0.120. The first kappa shape index (κ1) is 22.8. The number of nitrogens with zero attached hydrogens (tertiary/aromatic N) is 6. The Balaban J connectivity index is 0.00000272. The van der Waals surface area contributed by atoms with Gasteiger partial charge in [-0.15, -0.1) is 24.0 Å². The molecule has 4 rings (SSSR count). The molecule has 3 heterocycles. The number of halogens is 1. The van der Waals surface area contributed by atoms with Crippen molar-refractivity contribution in [2.24, 2.45) is 12.0 Å². The maximum Gasteiger partial charge on any atom is 0.246 e. The normalized spacial score (nSPS) is 14.5. The van der Waals surface area contributed by atoms with Gasteiger partial charge in [0.1, 0.15) is 12.8 Å². The molecule has 164 valence electrons. The molecule has 0 radical (unpaired) electrons. The molecule has 0 spiro atoms. The van der Waals surface area contributed by atoms with Crippen LogP contribution in [0.1, 0.15) is 11.3 Å². The summed E-state index contributed by atoms with van der Waals surface area (Å²) >= 11 is 0. The Morgan fingerprint density at radius 2 is 2.03 bits per heavy atom. The second-order valence-corrected chi connectivity index (χ2v) is 7.25. The predicted octanol–water partition coefficient (Wildman–Crippen LogP) is 2.43. The standard InChI is InChI=1S/C21H25N7O2.HI/c1-15-4-6-16(7-5-15)20-25-17(14-30-20)10-23-21(22-2)27-8-9-28(19(29)13-27)18-11-24-26(3)12-18;/h4-7,11-12,14H,8-10,13H2,1-3H3,(H,22,23);1H. The average molecular weight is 535 g/mol. The summed E-state index contributed by atoms with van der Waals surface area (Å²) in [7, 11) is 3.55. The molecular weight excluding hydrogens is 509 g/mol. The molecule has 9 nitrogen and oxygen atoms in total. The number of aryl methyl sites for hydroxylation is 2. The number of carbonyl (C=O) groups excluding carboxylic acids is 1. The number of aromatic nitrogens is 3. The second kappa shape index (κ2) is 9.94. The van der Waals surface area contributed by atoms with Gasteiger partial charge in [0, 0.05) is 38.9 Å². The van der Waals surface area contributed by atoms with Crippen molar-refractivity contribution >= 4 is 41.5 Å². The topological polar surface area (TPSA) is 91.8 Å². The van der Waals surface area contributed by atoms with Gasteiger partial charge in [0.05, 0.1) is 24.1 Å². The van der Waals surface area contributed by atoms with E-state index in [-0.39, 0.29) is 36.4 Å². The highest BCUT2D eigenvalue weighted by Gasteiger charge is 2.27. The van der Waals surface area contributed by atoms with Crippen molar-refractivity contribution < 1.29 is 9.21 Å². The zero-order valence-electron chi connectivity index (χ0n) is 17.8. The largest absolute Gasteiger partial charge is 0.444 e. The fourth-order valence-corrected chi connectivity index (χ4v) is 3.39. The third kappa shape index (κ3) is 5.24. The number of rotatable bonds is 4. The number of hydrogen-bond acceptors (Lipinski definition) is 5. The highest BCUT2D eigenvalue weighted by Crippen LogP contribution is 2.19. The van der Waals surface area contributed by atoms with Crippen LogP contribution in [-0.4, -0.2) is 58.2 Å². The molecule has 1 saturated heterocycles. The quantitative estimate of drug-likeness (QED) is 0.314. The average Bonchev–Trinajstić information content (AvgIpc) is 3.38. The molecule has 0 bridgehead atoms. The number of carbonyl (C=O) groups is 1. The van der Waals surface area contributed by atoms with Crippen molar-refractivity contribution in [1.82, 2.24) is 25.0 Å². The van der Waals surface area contributed by atoms with E-state index in [0.29, 0.717) is 31.5 Å². The number of aliphatic imine (C=N–C) groups is 1. The number of anilines is 1. The molecule has 3 aromatic rings. The minimum atomic E-state index is 0. The van der Waals surface area contributed by atoms with E-state index in [4.69, 9.17) is 4.42 Å². The van der Waals surface area contributed by atoms with Crippen LogP contribution in [0, 0.1) is 6.92 Å². The van der Waals surface area contributed by atoms with Crippen molar-refractivity contribution in [3.05, 3.63) is 54.2 Å². The van der Waals surface area contributed by atoms with E-state index in [1.807, 2.05) is 49.3 Å². The van der Waals surface area contributed by atoms with Crippen LogP contribution in [0.2, 0.25) is 0 Å². The number of nitrogens with one attached hydrogen (secondary N) is 1. The van der Waals surface area contributed by atoms with Gasteiger partial charge in [-0.1, -0.05) is 17.7 Å². The van der Waals surface area contributed by atoms with Crippen molar-refractivity contribution in [2.45, 2.75) is 13.5 Å². The molecule has 0 saturated carbocycles. The van der Waals surface area contributed by atoms with E-state index in [0.717, 1.165) is 16.9 Å². The van der Waals surface area contributed by atoms with Gasteiger partial charge in [0.2, 0.25) is 11.8 Å². The molecule has 1 amide bonds. The predicted molar refractivity (Wildman–Crippen MR) is 129 cm³/mol. The van der Waals surface area contributed by atoms with E-state index < -0.39 is 0 Å². The van der Waals surface area contributed by atoms with Crippen LogP contribution < -0.4 is 10.2 Å². The van der Waals surface area contributed by atoms with Gasteiger partial charge in [-0.2, -0.15) is 5.10 Å². The molecule has 1 N–H and O–H groups in total. The van der Waals surface area contributed by atoms with Gasteiger partial charge >= 0.3 is 0 Å². The first-order chi connectivity index (χ1) is 14.5. The number of oxazole rings is 1. The third-order valence-electron chi connectivity index (χ3n) is 5.01. The lowest BCUT2D eigenvalue weighted by Crippen LogP contribution is -2.55. The van der Waals surface area contributed by atoms with Crippen molar-refractivity contribution in [1.29, 1.82) is 0 Å². The van der Waals surface area contributed by atoms with Crippen molar-refractivity contribution in [2.75, 3.05) is 31.6 Å². The monoisotopic (exact) mass is 535 g/mol. The Morgan fingerprint density at radius 1 is 1.26 bits per heavy atom. The summed E-state index contributed by atoms with van der Waals surface area (Å²) < 4.78 is 7.30. The minimum Gasteiger partial charge on any atom is -0.444 e. The van der Waals surface area contributed by atoms with Crippen LogP contribution in [0.25, 0.3) is 11.5 Å². The first-order valence-electron chi connectivity index (χ1n) is 9.79. The Morgan fingerprint density at radius 3 is 2.68 bits per heavy atom. The van der Waals surface area contributed by atoms with Crippen LogP contribution in [0.5, 0.6) is 0 Å². The first-order valence-corrected chi connectivity index (χ1v) is 9.79. The Labute approximate surface area is 198 Å². The van der Waals surface area contributed by atoms with E-state index >= 15 is 0 Å². The maximum absolute atomic E-state index is 12.6. The van der Waals surface area contributed by atoms with E-state index in [1.165, 1.54) is 5.56 Å². The maximum atomic E-state index is 12.6. The van der Waals surface area contributed by atoms with E-state index in [9.17, 15) is 4.79 Å². The third-order valence-corrected chi connectivity index (χ3v) is 5.01. The van der Waals surface area contributed by atoms with Crippen molar-refractivity contribution in [3.63, 3.8) is 0 Å². The van der Waals surface area contributed by atoms with Crippen LogP contribution >= 0.6 is 24.0 Å². The number of hydrogen-bond donors (Lipinski definition) is 1. The number of benzene rings is 1. The fourth-order valence-electron chi connectivity index (χ4n) is 3.39. The summed E-state index contributed by atoms with van der Waals surface area (Å²) in [6.45, 7) is 4.00. The minimum absolute atomic E-state index is 0. The zero-order valence-corrected chi connectivity index (χ0v) is 20.1. The number of piperazine rings is 1. The molecule has 1 fully saturated rings. The summed E-state index contributed by atoms with van der Waals surface area (Å²) in [5.41, 5.74) is 3.71. The van der Waals surface area contributed by atoms with Gasteiger partial charge < -0.3 is 19.5 Å². The van der Waals surface area contributed by atoms with Gasteiger partial charge in [-0.05, 0) is 19.1 Å². The molecule has 1 aliphatic rings. The number of amides is 1. The molecule has 0 aliphatic carbocycles. The molecule has 10 heteroatoms. The summed E-state index contributed by atoms with van der Waals surface area (Å²) in [6.07, 6.45) is 5.19. The van der Waals surface area contributed by atoms with E-state index in [2.05, 4.69) is 20.4 Å². The van der Waals surface area contributed by atoms with Gasteiger partial charge in [-0.3, -0.25) is 14.5 Å². The van der Waals surface area contributed by atoms with Gasteiger partial charge in [0.25, 0.3) is 0 Å². The summed E-state index contributed by atoms with van der Waals surface area (Å²) in [5.74, 6) is 1.26. The van der Waals surface area contributed by atoms with Crippen LogP contribution in [0.3, 0.4) is 0 Å². The highest BCUT2D eigenvalue weighted by atomic mass is 127. The van der Waals surface area contributed by atoms with E-state index in [1.54, 1.807) is 29.1 Å².